The van der Waals surface area contributed by atoms with E-state index in [4.69, 9.17) is 17.0 Å². The summed E-state index contributed by atoms with van der Waals surface area (Å²) in [5.41, 5.74) is 3.50. The Hall–Kier alpha value is -1.86. The number of hydrogen-bond donors (Lipinski definition) is 1. The molecule has 4 bridgehead atoms. The molecule has 7 heteroatoms. The largest absolute Gasteiger partial charge is 0.493 e. The van der Waals surface area contributed by atoms with Gasteiger partial charge in [-0.1, -0.05) is 37.7 Å². The fourth-order valence-corrected chi connectivity index (χ4v) is 7.43. The number of ether oxygens (including phenoxy) is 1. The molecular formula is C25H30N2O3S2. The molecule has 5 fully saturated rings. The van der Waals surface area contributed by atoms with Crippen LogP contribution in [0.25, 0.3) is 6.08 Å². The molecule has 6 rings (SSSR count). The van der Waals surface area contributed by atoms with Crippen molar-refractivity contribution in [1.82, 2.24) is 10.4 Å². The first-order valence-electron chi connectivity index (χ1n) is 11.6. The number of hydrazine groups is 1. The Kier molecular flexibility index (Phi) is 5.82. The van der Waals surface area contributed by atoms with Gasteiger partial charge in [0.05, 0.1) is 16.9 Å². The van der Waals surface area contributed by atoms with Crippen LogP contribution in [0.4, 0.5) is 0 Å². The topological polar surface area (TPSA) is 58.6 Å². The second kappa shape index (κ2) is 8.49. The average Bonchev–Trinajstić information content (AvgIpc) is 2.99. The Morgan fingerprint density at radius 1 is 1.19 bits per heavy atom. The minimum absolute atomic E-state index is 0.0131. The van der Waals surface area contributed by atoms with E-state index >= 15 is 0 Å². The molecule has 32 heavy (non-hydrogen) atoms. The van der Waals surface area contributed by atoms with E-state index in [1.807, 2.05) is 30.3 Å². The number of thioether (sulfide) groups is 1. The Morgan fingerprint density at radius 3 is 2.34 bits per heavy atom. The number of rotatable bonds is 6. The van der Waals surface area contributed by atoms with E-state index in [1.54, 1.807) is 0 Å². The SMILES string of the molecule is CC(C)COc1ccc(/C=C2\SC(=S)N(NC(=O)C34CC5CC(CC(C5)C3)C4)C2=O)cc1. The molecule has 1 N–H and O–H groups in total. The van der Waals surface area contributed by atoms with Crippen molar-refractivity contribution in [2.24, 2.45) is 29.1 Å². The van der Waals surface area contributed by atoms with Crippen molar-refractivity contribution in [1.29, 1.82) is 0 Å². The van der Waals surface area contributed by atoms with Crippen molar-refractivity contribution in [2.75, 3.05) is 6.61 Å². The summed E-state index contributed by atoms with van der Waals surface area (Å²) in [6.07, 6.45) is 8.53. The summed E-state index contributed by atoms with van der Waals surface area (Å²) < 4.78 is 6.11. The standard InChI is InChI=1S/C25H30N2O3S2/c1-15(2)14-30-20-5-3-16(4-6-20)10-21-22(28)27(24(31)32-21)26-23(29)25-11-17-7-18(12-25)9-19(8-17)13-25/h3-6,10,15,17-19H,7-9,11-14H2,1-2H3,(H,26,29)/b21-10-. The first kappa shape index (κ1) is 22.0. The van der Waals surface area contributed by atoms with Crippen molar-refractivity contribution in [3.63, 3.8) is 0 Å². The zero-order valence-electron chi connectivity index (χ0n) is 18.6. The first-order chi connectivity index (χ1) is 15.3. The fraction of sp³-hybridized carbons (Fsp3) is 0.560. The second-order valence-electron chi connectivity index (χ2n) is 10.4. The van der Waals surface area contributed by atoms with Crippen LogP contribution in [0, 0.1) is 29.1 Å². The van der Waals surface area contributed by atoms with Gasteiger partial charge in [-0.05, 0) is 98.2 Å². The minimum Gasteiger partial charge on any atom is -0.493 e. The molecule has 5 aliphatic rings. The highest BCUT2D eigenvalue weighted by atomic mass is 32.2. The normalized spacial score (nSPS) is 32.3. The summed E-state index contributed by atoms with van der Waals surface area (Å²) in [6, 6.07) is 7.67. The average molecular weight is 471 g/mol. The summed E-state index contributed by atoms with van der Waals surface area (Å²) in [4.78, 5) is 26.9. The molecule has 4 saturated carbocycles. The van der Waals surface area contributed by atoms with Gasteiger partial charge in [0.25, 0.3) is 5.91 Å². The molecule has 4 aliphatic carbocycles. The van der Waals surface area contributed by atoms with Gasteiger partial charge in [-0.15, -0.1) is 0 Å². The molecular weight excluding hydrogens is 440 g/mol. The Bertz CT molecular complexity index is 935. The number of nitrogens with zero attached hydrogens (tertiary/aromatic N) is 1. The highest BCUT2D eigenvalue weighted by Gasteiger charge is 2.55. The highest BCUT2D eigenvalue weighted by molar-refractivity contribution is 8.26. The van der Waals surface area contributed by atoms with Crippen LogP contribution in [0.15, 0.2) is 29.2 Å². The maximum Gasteiger partial charge on any atom is 0.285 e. The molecule has 0 radical (unpaired) electrons. The molecule has 0 atom stereocenters. The lowest BCUT2D eigenvalue weighted by Crippen LogP contribution is -2.57. The first-order valence-corrected chi connectivity index (χ1v) is 12.9. The molecule has 0 spiro atoms. The number of amides is 2. The van der Waals surface area contributed by atoms with E-state index < -0.39 is 0 Å². The highest BCUT2D eigenvalue weighted by Crippen LogP contribution is 2.60. The van der Waals surface area contributed by atoms with E-state index in [1.165, 1.54) is 36.0 Å². The van der Waals surface area contributed by atoms with E-state index in [0.717, 1.165) is 30.6 Å². The smallest absolute Gasteiger partial charge is 0.285 e. The Labute approximate surface area is 199 Å². The predicted octanol–water partition coefficient (Wildman–Crippen LogP) is 5.17. The van der Waals surface area contributed by atoms with E-state index in [-0.39, 0.29) is 17.2 Å². The third-order valence-corrected chi connectivity index (χ3v) is 8.59. The summed E-state index contributed by atoms with van der Waals surface area (Å²) >= 11 is 6.68. The summed E-state index contributed by atoms with van der Waals surface area (Å²) in [6.45, 7) is 4.89. The molecule has 0 unspecified atom stereocenters. The molecule has 2 amide bonds. The molecule has 1 saturated heterocycles. The van der Waals surface area contributed by atoms with Crippen LogP contribution >= 0.6 is 24.0 Å². The minimum atomic E-state index is -0.312. The van der Waals surface area contributed by atoms with Crippen LogP contribution in [-0.4, -0.2) is 27.8 Å². The van der Waals surface area contributed by atoms with Gasteiger partial charge < -0.3 is 4.74 Å². The number of carbonyl (C=O) groups is 2. The van der Waals surface area contributed by atoms with Gasteiger partial charge in [0.15, 0.2) is 4.32 Å². The third kappa shape index (κ3) is 4.21. The van der Waals surface area contributed by atoms with Gasteiger partial charge in [0, 0.05) is 0 Å². The van der Waals surface area contributed by atoms with Gasteiger partial charge in [-0.3, -0.25) is 15.0 Å². The monoisotopic (exact) mass is 470 g/mol. The predicted molar refractivity (Wildman–Crippen MR) is 131 cm³/mol. The van der Waals surface area contributed by atoms with Gasteiger partial charge >= 0.3 is 0 Å². The molecule has 5 nitrogen and oxygen atoms in total. The second-order valence-corrected chi connectivity index (χ2v) is 12.1. The lowest BCUT2D eigenvalue weighted by molar-refractivity contribution is -0.152. The van der Waals surface area contributed by atoms with E-state index in [0.29, 0.717) is 39.5 Å². The molecule has 1 aliphatic heterocycles. The quantitative estimate of drug-likeness (QED) is 0.459. The van der Waals surface area contributed by atoms with E-state index in [9.17, 15) is 9.59 Å². The van der Waals surface area contributed by atoms with Crippen molar-refractivity contribution < 1.29 is 14.3 Å². The third-order valence-electron chi connectivity index (χ3n) is 7.29. The Morgan fingerprint density at radius 2 is 1.78 bits per heavy atom. The molecule has 1 heterocycles. The van der Waals surface area contributed by atoms with Gasteiger partial charge in [0.1, 0.15) is 5.75 Å². The van der Waals surface area contributed by atoms with Crippen molar-refractivity contribution in [3.8, 4) is 5.75 Å². The number of benzene rings is 1. The van der Waals surface area contributed by atoms with Gasteiger partial charge in [-0.25, -0.2) is 0 Å². The summed E-state index contributed by atoms with van der Waals surface area (Å²) in [5.74, 6) is 3.02. The number of hydrogen-bond acceptors (Lipinski definition) is 5. The van der Waals surface area contributed by atoms with Gasteiger partial charge in [0.2, 0.25) is 5.91 Å². The Balaban J connectivity index is 1.26. The lowest BCUT2D eigenvalue weighted by Gasteiger charge is -2.55. The molecule has 1 aromatic carbocycles. The van der Waals surface area contributed by atoms with E-state index in [2.05, 4.69) is 19.3 Å². The summed E-state index contributed by atoms with van der Waals surface area (Å²) in [5, 5.41) is 1.28. The number of carbonyl (C=O) groups excluding carboxylic acids is 2. The van der Waals surface area contributed by atoms with Crippen LogP contribution < -0.4 is 10.2 Å². The van der Waals surface area contributed by atoms with Crippen LogP contribution in [0.5, 0.6) is 5.75 Å². The maximum absolute atomic E-state index is 13.3. The van der Waals surface area contributed by atoms with Gasteiger partial charge in [-0.2, -0.15) is 5.01 Å². The molecule has 1 aromatic rings. The lowest BCUT2D eigenvalue weighted by atomic mass is 9.49. The van der Waals surface area contributed by atoms with Crippen molar-refractivity contribution in [3.05, 3.63) is 34.7 Å². The molecule has 0 aromatic heterocycles. The van der Waals surface area contributed by atoms with Crippen molar-refractivity contribution in [2.45, 2.75) is 52.4 Å². The fourth-order valence-electron chi connectivity index (χ4n) is 6.25. The van der Waals surface area contributed by atoms with Crippen LogP contribution in [-0.2, 0) is 9.59 Å². The molecule has 170 valence electrons. The van der Waals surface area contributed by atoms with Crippen LogP contribution in [0.1, 0.15) is 57.9 Å². The van der Waals surface area contributed by atoms with Crippen LogP contribution in [0.3, 0.4) is 0 Å². The maximum atomic E-state index is 13.3. The number of thiocarbonyl (C=S) groups is 1. The summed E-state index contributed by atoms with van der Waals surface area (Å²) in [7, 11) is 0. The number of nitrogens with one attached hydrogen (secondary N) is 1. The van der Waals surface area contributed by atoms with Crippen LogP contribution in [0.2, 0.25) is 0 Å². The van der Waals surface area contributed by atoms with Crippen molar-refractivity contribution >= 4 is 46.2 Å². The zero-order chi connectivity index (χ0) is 22.5. The zero-order valence-corrected chi connectivity index (χ0v) is 20.3.